The van der Waals surface area contributed by atoms with Crippen LogP contribution in [0.4, 0.5) is 5.69 Å². The van der Waals surface area contributed by atoms with Crippen LogP contribution in [0.25, 0.3) is 0 Å². The molecule has 1 unspecified atom stereocenters. The second kappa shape index (κ2) is 6.55. The van der Waals surface area contributed by atoms with E-state index in [1.165, 1.54) is 0 Å². The smallest absolute Gasteiger partial charge is 0.255 e. The van der Waals surface area contributed by atoms with Crippen molar-refractivity contribution in [2.24, 2.45) is 5.92 Å². The minimum Gasteiger partial charge on any atom is -0.371 e. The van der Waals surface area contributed by atoms with Gasteiger partial charge in [0.1, 0.15) is 12.3 Å². The van der Waals surface area contributed by atoms with Crippen molar-refractivity contribution in [2.45, 2.75) is 38.3 Å². The third kappa shape index (κ3) is 2.77. The average Bonchev–Trinajstić information content (AvgIpc) is 2.99. The van der Waals surface area contributed by atoms with Crippen molar-refractivity contribution in [1.29, 1.82) is 0 Å². The van der Waals surface area contributed by atoms with Gasteiger partial charge in [-0.15, -0.1) is 0 Å². The molecule has 2 saturated heterocycles. The molecule has 7 heteroatoms. The lowest BCUT2D eigenvalue weighted by molar-refractivity contribution is -0.136. The minimum absolute atomic E-state index is 0.115. The molecule has 3 amide bonds. The standard InChI is InChI=1S/C19H21N3O4/c23-11-12-6-8-21(9-7-12)15-3-1-2-13-14(15)10-22(19(13)26)16-4-5-17(24)20-18(16)25/h1-3,11-12,16H,4-10H2,(H,20,24,25). The number of hydrogen-bond acceptors (Lipinski definition) is 5. The topological polar surface area (TPSA) is 86.8 Å². The first kappa shape index (κ1) is 16.8. The number of piperidine rings is 2. The molecular weight excluding hydrogens is 334 g/mol. The summed E-state index contributed by atoms with van der Waals surface area (Å²) in [5.74, 6) is -0.714. The zero-order chi connectivity index (χ0) is 18.3. The predicted octanol–water partition coefficient (Wildman–Crippen LogP) is 0.863. The fraction of sp³-hybridized carbons (Fsp3) is 0.474. The molecule has 1 atom stereocenters. The highest BCUT2D eigenvalue weighted by molar-refractivity contribution is 6.06. The summed E-state index contributed by atoms with van der Waals surface area (Å²) in [6.07, 6.45) is 3.28. The molecule has 1 aromatic carbocycles. The first-order valence-corrected chi connectivity index (χ1v) is 9.05. The van der Waals surface area contributed by atoms with E-state index in [0.717, 1.165) is 43.5 Å². The Labute approximate surface area is 151 Å². The molecule has 0 aromatic heterocycles. The fourth-order valence-electron chi connectivity index (χ4n) is 4.14. The van der Waals surface area contributed by atoms with E-state index in [4.69, 9.17) is 0 Å². The van der Waals surface area contributed by atoms with E-state index in [2.05, 4.69) is 10.2 Å². The lowest BCUT2D eigenvalue weighted by Gasteiger charge is -2.33. The van der Waals surface area contributed by atoms with Crippen LogP contribution in [0, 0.1) is 5.92 Å². The number of hydrogen-bond donors (Lipinski definition) is 1. The molecule has 1 aromatic rings. The number of nitrogens with zero attached hydrogens (tertiary/aromatic N) is 2. The highest BCUT2D eigenvalue weighted by Crippen LogP contribution is 2.35. The molecule has 0 aliphatic carbocycles. The van der Waals surface area contributed by atoms with Gasteiger partial charge in [-0.3, -0.25) is 19.7 Å². The van der Waals surface area contributed by atoms with Crippen LogP contribution in [-0.2, 0) is 20.9 Å². The molecule has 0 radical (unpaired) electrons. The quantitative estimate of drug-likeness (QED) is 0.642. The largest absolute Gasteiger partial charge is 0.371 e. The summed E-state index contributed by atoms with van der Waals surface area (Å²) in [6, 6.07) is 5.07. The van der Waals surface area contributed by atoms with E-state index in [9.17, 15) is 19.2 Å². The van der Waals surface area contributed by atoms with Gasteiger partial charge < -0.3 is 14.6 Å². The Hall–Kier alpha value is -2.70. The Bertz CT molecular complexity index is 783. The number of nitrogens with one attached hydrogen (secondary N) is 1. The van der Waals surface area contributed by atoms with Crippen LogP contribution >= 0.6 is 0 Å². The monoisotopic (exact) mass is 355 g/mol. The van der Waals surface area contributed by atoms with Gasteiger partial charge in [-0.2, -0.15) is 0 Å². The Balaban J connectivity index is 1.58. The second-order valence-electron chi connectivity index (χ2n) is 7.16. The van der Waals surface area contributed by atoms with Crippen LogP contribution in [-0.4, -0.2) is 48.0 Å². The molecule has 3 aliphatic rings. The van der Waals surface area contributed by atoms with Gasteiger partial charge in [0, 0.05) is 48.8 Å². The van der Waals surface area contributed by atoms with Gasteiger partial charge in [0.15, 0.2) is 0 Å². The Morgan fingerprint density at radius 3 is 2.54 bits per heavy atom. The first-order chi connectivity index (χ1) is 12.6. The van der Waals surface area contributed by atoms with E-state index >= 15 is 0 Å². The van der Waals surface area contributed by atoms with Crippen LogP contribution in [0.2, 0.25) is 0 Å². The van der Waals surface area contributed by atoms with Crippen molar-refractivity contribution in [1.82, 2.24) is 10.2 Å². The zero-order valence-corrected chi connectivity index (χ0v) is 14.4. The van der Waals surface area contributed by atoms with Crippen molar-refractivity contribution in [3.8, 4) is 0 Å². The minimum atomic E-state index is -0.596. The van der Waals surface area contributed by atoms with Gasteiger partial charge in [-0.25, -0.2) is 0 Å². The number of rotatable bonds is 3. The van der Waals surface area contributed by atoms with Crippen molar-refractivity contribution < 1.29 is 19.2 Å². The molecule has 4 rings (SSSR count). The third-order valence-electron chi connectivity index (χ3n) is 5.63. The predicted molar refractivity (Wildman–Crippen MR) is 93.5 cm³/mol. The number of fused-ring (bicyclic) bond motifs is 1. The number of aldehydes is 1. The van der Waals surface area contributed by atoms with E-state index in [0.29, 0.717) is 18.5 Å². The molecule has 7 nitrogen and oxygen atoms in total. The normalized spacial score (nSPS) is 23.8. The third-order valence-corrected chi connectivity index (χ3v) is 5.63. The van der Waals surface area contributed by atoms with E-state index in [-0.39, 0.29) is 24.2 Å². The lowest BCUT2D eigenvalue weighted by atomic mass is 9.97. The summed E-state index contributed by atoms with van der Waals surface area (Å²) in [4.78, 5) is 51.2. The fourth-order valence-corrected chi connectivity index (χ4v) is 4.14. The van der Waals surface area contributed by atoms with Crippen molar-refractivity contribution in [3.05, 3.63) is 29.3 Å². The molecule has 0 spiro atoms. The molecule has 136 valence electrons. The van der Waals surface area contributed by atoms with Crippen LogP contribution in [0.3, 0.4) is 0 Å². The zero-order valence-electron chi connectivity index (χ0n) is 14.4. The molecule has 26 heavy (non-hydrogen) atoms. The Kier molecular flexibility index (Phi) is 4.22. The molecule has 1 N–H and O–H groups in total. The van der Waals surface area contributed by atoms with Gasteiger partial charge >= 0.3 is 0 Å². The maximum atomic E-state index is 12.9. The van der Waals surface area contributed by atoms with Crippen molar-refractivity contribution >= 4 is 29.7 Å². The van der Waals surface area contributed by atoms with E-state index in [1.54, 1.807) is 11.0 Å². The maximum Gasteiger partial charge on any atom is 0.255 e. The number of imide groups is 1. The molecule has 0 saturated carbocycles. The second-order valence-corrected chi connectivity index (χ2v) is 7.16. The molecule has 2 fully saturated rings. The maximum absolute atomic E-state index is 12.9. The van der Waals surface area contributed by atoms with Crippen LogP contribution in [0.1, 0.15) is 41.6 Å². The molecule has 0 bridgehead atoms. The summed E-state index contributed by atoms with van der Waals surface area (Å²) in [6.45, 7) is 1.95. The van der Waals surface area contributed by atoms with Gasteiger partial charge in [-0.1, -0.05) is 6.07 Å². The molecular formula is C19H21N3O4. The highest BCUT2D eigenvalue weighted by Gasteiger charge is 2.40. The number of carbonyl (C=O) groups is 4. The van der Waals surface area contributed by atoms with Crippen molar-refractivity contribution in [2.75, 3.05) is 18.0 Å². The van der Waals surface area contributed by atoms with Gasteiger partial charge in [0.2, 0.25) is 11.8 Å². The number of benzene rings is 1. The summed E-state index contributed by atoms with van der Waals surface area (Å²) < 4.78 is 0. The van der Waals surface area contributed by atoms with Crippen LogP contribution in [0.5, 0.6) is 0 Å². The highest BCUT2D eigenvalue weighted by atomic mass is 16.2. The van der Waals surface area contributed by atoms with E-state index < -0.39 is 11.9 Å². The lowest BCUT2D eigenvalue weighted by Crippen LogP contribution is -2.52. The first-order valence-electron chi connectivity index (χ1n) is 9.05. The number of anilines is 1. The van der Waals surface area contributed by atoms with Gasteiger partial charge in [0.05, 0.1) is 0 Å². The summed E-state index contributed by atoms with van der Waals surface area (Å²) in [7, 11) is 0. The summed E-state index contributed by atoms with van der Waals surface area (Å²) in [5, 5.41) is 2.33. The van der Waals surface area contributed by atoms with Crippen molar-refractivity contribution in [3.63, 3.8) is 0 Å². The van der Waals surface area contributed by atoms with E-state index in [1.807, 2.05) is 12.1 Å². The molecule has 3 aliphatic heterocycles. The Morgan fingerprint density at radius 2 is 1.85 bits per heavy atom. The van der Waals surface area contributed by atoms with Gasteiger partial charge in [0.25, 0.3) is 5.91 Å². The summed E-state index contributed by atoms with van der Waals surface area (Å²) in [5.41, 5.74) is 2.58. The molecule has 3 heterocycles. The summed E-state index contributed by atoms with van der Waals surface area (Å²) >= 11 is 0. The van der Waals surface area contributed by atoms with Crippen LogP contribution < -0.4 is 10.2 Å². The van der Waals surface area contributed by atoms with Crippen LogP contribution in [0.15, 0.2) is 18.2 Å². The Morgan fingerprint density at radius 1 is 1.08 bits per heavy atom. The van der Waals surface area contributed by atoms with Gasteiger partial charge in [-0.05, 0) is 31.4 Å². The average molecular weight is 355 g/mol. The number of amides is 3. The number of carbonyl (C=O) groups excluding carboxylic acids is 4. The SMILES string of the molecule is O=CC1CCN(c2cccc3c2CN(C2CCC(=O)NC2=O)C3=O)CC1.